The van der Waals surface area contributed by atoms with Gasteiger partial charge in [-0.15, -0.1) is 0 Å². The number of nitrogens with zero attached hydrogens (tertiary/aromatic N) is 1. The molecule has 0 aliphatic carbocycles. The lowest BCUT2D eigenvalue weighted by molar-refractivity contribution is 0.533. The van der Waals surface area contributed by atoms with Crippen LogP contribution in [0.4, 0.5) is 0 Å². The van der Waals surface area contributed by atoms with Crippen LogP contribution < -0.4 is 0 Å². The van der Waals surface area contributed by atoms with Gasteiger partial charge in [-0.3, -0.25) is 0 Å². The molecule has 0 bridgehead atoms. The summed E-state index contributed by atoms with van der Waals surface area (Å²) in [6, 6.07) is 4.78. The van der Waals surface area contributed by atoms with Gasteiger partial charge >= 0.3 is 0 Å². The second kappa shape index (κ2) is 2.72. The normalized spacial score (nSPS) is 13.6. The Morgan fingerprint density at radius 1 is 1.33 bits per heavy atom. The molecule has 9 heavy (non-hydrogen) atoms. The zero-order valence-electron chi connectivity index (χ0n) is 6.04. The molecule has 0 radical (unpaired) electrons. The predicted molar refractivity (Wildman–Crippen MR) is 39.4 cm³/mol. The summed E-state index contributed by atoms with van der Waals surface area (Å²) in [4.78, 5) is 0. The van der Waals surface area contributed by atoms with Crippen LogP contribution in [0.25, 0.3) is 0 Å². The summed E-state index contributed by atoms with van der Waals surface area (Å²) < 4.78 is 2.22. The maximum Gasteiger partial charge on any atom is 0.0299 e. The molecule has 1 nitrogen and oxygen atoms in total. The lowest BCUT2D eigenvalue weighted by Crippen LogP contribution is -1.98. The third-order valence-corrected chi connectivity index (χ3v) is 1.73. The van der Waals surface area contributed by atoms with E-state index in [2.05, 4.69) is 42.9 Å². The topological polar surface area (TPSA) is 4.93 Å². The highest BCUT2D eigenvalue weighted by atomic mass is 15.0. The molecular formula is C8H13N. The van der Waals surface area contributed by atoms with Crippen molar-refractivity contribution < 1.29 is 0 Å². The van der Waals surface area contributed by atoms with E-state index >= 15 is 0 Å². The van der Waals surface area contributed by atoms with Crippen molar-refractivity contribution in [3.8, 4) is 0 Å². The molecule has 1 rings (SSSR count). The average molecular weight is 123 g/mol. The van der Waals surface area contributed by atoms with Crippen molar-refractivity contribution in [2.24, 2.45) is 0 Å². The van der Waals surface area contributed by atoms with E-state index in [0.717, 1.165) is 0 Å². The van der Waals surface area contributed by atoms with Crippen molar-refractivity contribution in [1.82, 2.24) is 4.57 Å². The van der Waals surface area contributed by atoms with Crippen LogP contribution >= 0.6 is 0 Å². The van der Waals surface area contributed by atoms with Gasteiger partial charge in [0.2, 0.25) is 0 Å². The van der Waals surface area contributed by atoms with E-state index < -0.39 is 0 Å². The molecule has 0 saturated heterocycles. The van der Waals surface area contributed by atoms with Gasteiger partial charge in [0, 0.05) is 18.4 Å². The maximum atomic E-state index is 2.22. The van der Waals surface area contributed by atoms with Crippen LogP contribution in [0.1, 0.15) is 26.3 Å². The van der Waals surface area contributed by atoms with Gasteiger partial charge in [-0.1, -0.05) is 6.92 Å². The first-order valence-electron chi connectivity index (χ1n) is 3.47. The van der Waals surface area contributed by atoms with Gasteiger partial charge in [0.25, 0.3) is 0 Å². The predicted octanol–water partition coefficient (Wildman–Crippen LogP) is 2.46. The molecule has 0 N–H and O–H groups in total. The van der Waals surface area contributed by atoms with Crippen molar-refractivity contribution >= 4 is 0 Å². The minimum atomic E-state index is 0.653. The Labute approximate surface area is 56.3 Å². The summed E-state index contributed by atoms with van der Waals surface area (Å²) in [5.74, 6) is 0. The number of aromatic nitrogens is 1. The van der Waals surface area contributed by atoms with Crippen LogP contribution in [-0.4, -0.2) is 4.57 Å². The molecule has 0 aliphatic rings. The largest absolute Gasteiger partial charge is 0.352 e. The van der Waals surface area contributed by atoms with Gasteiger partial charge in [0.05, 0.1) is 0 Å². The van der Waals surface area contributed by atoms with Gasteiger partial charge in [0.15, 0.2) is 0 Å². The fourth-order valence-corrected chi connectivity index (χ4v) is 0.853. The number of hydrogen-bond acceptors (Lipinski definition) is 0. The van der Waals surface area contributed by atoms with E-state index in [1.165, 1.54) is 6.42 Å². The third kappa shape index (κ3) is 1.35. The van der Waals surface area contributed by atoms with Gasteiger partial charge in [-0.05, 0) is 25.5 Å². The first kappa shape index (κ1) is 6.40. The Balaban J connectivity index is 2.65. The van der Waals surface area contributed by atoms with Crippen LogP contribution in [0, 0.1) is 0 Å². The summed E-state index contributed by atoms with van der Waals surface area (Å²) >= 11 is 0. The fourth-order valence-electron chi connectivity index (χ4n) is 0.853. The Morgan fingerprint density at radius 2 is 1.89 bits per heavy atom. The molecule has 0 aliphatic heterocycles. The lowest BCUT2D eigenvalue weighted by Gasteiger charge is -2.09. The second-order valence-electron chi connectivity index (χ2n) is 2.39. The standard InChI is InChI=1S/C8H13N/c1-3-8(2)9-6-4-5-7-9/h4-8H,3H2,1-2H3/t8-/m0/s1. The zero-order chi connectivity index (χ0) is 6.69. The second-order valence-corrected chi connectivity index (χ2v) is 2.39. The van der Waals surface area contributed by atoms with E-state index in [1.54, 1.807) is 0 Å². The molecule has 1 heteroatoms. The highest BCUT2D eigenvalue weighted by Gasteiger charge is 1.96. The SMILES string of the molecule is CC[C@H](C)n1cccc1. The highest BCUT2D eigenvalue weighted by molar-refractivity contribution is 4.92. The smallest absolute Gasteiger partial charge is 0.0299 e. The summed E-state index contributed by atoms with van der Waals surface area (Å²) in [7, 11) is 0. The molecular weight excluding hydrogens is 110 g/mol. The molecule has 0 fully saturated rings. The quantitative estimate of drug-likeness (QED) is 0.569. The first-order valence-corrected chi connectivity index (χ1v) is 3.47. The molecule has 0 unspecified atom stereocenters. The van der Waals surface area contributed by atoms with Gasteiger partial charge in [0.1, 0.15) is 0 Å². The van der Waals surface area contributed by atoms with E-state index in [1.807, 2.05) is 0 Å². The van der Waals surface area contributed by atoms with Crippen LogP contribution in [-0.2, 0) is 0 Å². The van der Waals surface area contributed by atoms with Crippen LogP contribution in [0.2, 0.25) is 0 Å². The fraction of sp³-hybridized carbons (Fsp3) is 0.500. The summed E-state index contributed by atoms with van der Waals surface area (Å²) in [5.41, 5.74) is 0. The minimum absolute atomic E-state index is 0.653. The highest BCUT2D eigenvalue weighted by Crippen LogP contribution is 2.08. The Bertz CT molecular complexity index is 153. The number of hydrogen-bond donors (Lipinski definition) is 0. The molecule has 0 saturated carbocycles. The van der Waals surface area contributed by atoms with Crippen LogP contribution in [0.5, 0.6) is 0 Å². The minimum Gasteiger partial charge on any atom is -0.352 e. The van der Waals surface area contributed by atoms with Crippen molar-refractivity contribution in [3.05, 3.63) is 24.5 Å². The maximum absolute atomic E-state index is 2.22. The van der Waals surface area contributed by atoms with Gasteiger partial charge in [-0.25, -0.2) is 0 Å². The molecule has 0 amide bonds. The van der Waals surface area contributed by atoms with Gasteiger partial charge < -0.3 is 4.57 Å². The van der Waals surface area contributed by atoms with Crippen molar-refractivity contribution in [3.63, 3.8) is 0 Å². The number of rotatable bonds is 2. The third-order valence-electron chi connectivity index (χ3n) is 1.73. The molecule has 1 aromatic rings. The average Bonchev–Trinajstić information content (AvgIpc) is 2.37. The molecule has 0 aromatic carbocycles. The van der Waals surface area contributed by atoms with Crippen molar-refractivity contribution in [2.45, 2.75) is 26.3 Å². The van der Waals surface area contributed by atoms with Crippen LogP contribution in [0.15, 0.2) is 24.5 Å². The molecule has 50 valence electrons. The summed E-state index contributed by atoms with van der Waals surface area (Å²) in [6.07, 6.45) is 5.41. The monoisotopic (exact) mass is 123 g/mol. The Morgan fingerprint density at radius 3 is 2.33 bits per heavy atom. The van der Waals surface area contributed by atoms with E-state index in [4.69, 9.17) is 0 Å². The molecule has 1 heterocycles. The van der Waals surface area contributed by atoms with Gasteiger partial charge in [-0.2, -0.15) is 0 Å². The molecule has 1 atom stereocenters. The van der Waals surface area contributed by atoms with Crippen LogP contribution in [0.3, 0.4) is 0 Å². The van der Waals surface area contributed by atoms with E-state index in [0.29, 0.717) is 6.04 Å². The van der Waals surface area contributed by atoms with E-state index in [-0.39, 0.29) is 0 Å². The lowest BCUT2D eigenvalue weighted by atomic mass is 10.3. The van der Waals surface area contributed by atoms with Crippen molar-refractivity contribution in [1.29, 1.82) is 0 Å². The first-order chi connectivity index (χ1) is 4.34. The summed E-state index contributed by atoms with van der Waals surface area (Å²) in [6.45, 7) is 4.42. The molecule has 1 aromatic heterocycles. The Kier molecular flexibility index (Phi) is 1.93. The van der Waals surface area contributed by atoms with Crippen molar-refractivity contribution in [2.75, 3.05) is 0 Å². The summed E-state index contributed by atoms with van der Waals surface area (Å²) in [5, 5.41) is 0. The zero-order valence-corrected chi connectivity index (χ0v) is 6.04. The Hall–Kier alpha value is -0.720. The molecule has 0 spiro atoms. The van der Waals surface area contributed by atoms with E-state index in [9.17, 15) is 0 Å².